The summed E-state index contributed by atoms with van der Waals surface area (Å²) in [6.45, 7) is 3.52. The molecule has 150 valence electrons. The number of rotatable bonds is 5. The van der Waals surface area contributed by atoms with Crippen molar-refractivity contribution in [2.24, 2.45) is 5.73 Å². The first-order chi connectivity index (χ1) is 14.0. The number of piperazine rings is 1. The predicted octanol–water partition coefficient (Wildman–Crippen LogP) is 1.97. The highest BCUT2D eigenvalue weighted by Crippen LogP contribution is 2.20. The van der Waals surface area contributed by atoms with Crippen LogP contribution in [0.25, 0.3) is 5.69 Å². The second-order valence-corrected chi connectivity index (χ2v) is 6.85. The van der Waals surface area contributed by atoms with Crippen LogP contribution in [0.3, 0.4) is 0 Å². The number of amides is 1. The van der Waals surface area contributed by atoms with Gasteiger partial charge in [0.2, 0.25) is 0 Å². The number of carbonyl (C=O) groups excluding carboxylic acids is 1. The van der Waals surface area contributed by atoms with E-state index in [9.17, 15) is 13.6 Å². The monoisotopic (exact) mass is 398 g/mol. The Hall–Kier alpha value is -3.33. The fraction of sp³-hybridized carbons (Fsp3) is 0.250. The molecule has 1 amide bonds. The molecule has 0 spiro atoms. The number of nitrogens with two attached hydrogens (primary N) is 1. The molecule has 0 bridgehead atoms. The number of aromatic nitrogens is 3. The normalized spacial score (nSPS) is 14.9. The lowest BCUT2D eigenvalue weighted by molar-refractivity contribution is 0.1000. The summed E-state index contributed by atoms with van der Waals surface area (Å²) in [5.74, 6) is -1.16. The minimum Gasteiger partial charge on any atom is -0.365 e. The molecule has 0 aliphatic carbocycles. The Morgan fingerprint density at radius 3 is 2.62 bits per heavy atom. The molecule has 29 heavy (non-hydrogen) atoms. The summed E-state index contributed by atoms with van der Waals surface area (Å²) in [6.07, 6.45) is 3.31. The van der Waals surface area contributed by atoms with Crippen molar-refractivity contribution in [1.82, 2.24) is 19.7 Å². The molecular formula is C20H20F2N6O. The maximum Gasteiger partial charge on any atom is 0.252 e. The maximum atomic E-state index is 13.9. The zero-order valence-corrected chi connectivity index (χ0v) is 15.6. The summed E-state index contributed by atoms with van der Waals surface area (Å²) in [7, 11) is 0. The van der Waals surface area contributed by atoms with Crippen LogP contribution in [-0.4, -0.2) is 51.8 Å². The highest BCUT2D eigenvalue weighted by atomic mass is 19.1. The minimum atomic E-state index is -0.658. The van der Waals surface area contributed by atoms with Crippen LogP contribution in [0.15, 0.2) is 48.8 Å². The molecule has 9 heteroatoms. The minimum absolute atomic E-state index is 0.205. The molecule has 7 nitrogen and oxygen atoms in total. The molecule has 0 atom stereocenters. The molecule has 0 radical (unpaired) electrons. The molecule has 0 saturated carbocycles. The van der Waals surface area contributed by atoms with E-state index in [4.69, 9.17) is 5.73 Å². The van der Waals surface area contributed by atoms with Crippen molar-refractivity contribution < 1.29 is 13.6 Å². The Morgan fingerprint density at radius 1 is 1.10 bits per heavy atom. The summed E-state index contributed by atoms with van der Waals surface area (Å²) in [5, 5.41) is 4.41. The molecule has 1 aliphatic rings. The van der Waals surface area contributed by atoms with Gasteiger partial charge >= 0.3 is 0 Å². The van der Waals surface area contributed by atoms with Crippen molar-refractivity contribution in [3.8, 4) is 5.69 Å². The van der Waals surface area contributed by atoms with Gasteiger partial charge in [0.25, 0.3) is 5.91 Å². The summed E-state index contributed by atoms with van der Waals surface area (Å²) < 4.78 is 28.4. The van der Waals surface area contributed by atoms with Gasteiger partial charge in [-0.3, -0.25) is 9.69 Å². The standard InChI is InChI=1S/C20H20F2N6O/c21-14-3-4-18(17(22)12-14)28-7-5-15(25-28)13-26-8-10-27(11-9-26)20-16(19(23)29)2-1-6-24-20/h1-7,12H,8-11,13H2,(H2,23,29). The predicted molar refractivity (Wildman–Crippen MR) is 104 cm³/mol. The van der Waals surface area contributed by atoms with E-state index in [-0.39, 0.29) is 5.69 Å². The Morgan fingerprint density at radius 2 is 1.90 bits per heavy atom. The molecule has 3 aromatic rings. The van der Waals surface area contributed by atoms with E-state index in [0.717, 1.165) is 24.8 Å². The molecule has 1 aromatic carbocycles. The third-order valence-corrected chi connectivity index (χ3v) is 4.91. The zero-order chi connectivity index (χ0) is 20.4. The molecular weight excluding hydrogens is 378 g/mol. The van der Waals surface area contributed by atoms with Crippen molar-refractivity contribution in [3.63, 3.8) is 0 Å². The van der Waals surface area contributed by atoms with Gasteiger partial charge in [-0.05, 0) is 30.3 Å². The topological polar surface area (TPSA) is 80.3 Å². The van der Waals surface area contributed by atoms with Crippen molar-refractivity contribution in [1.29, 1.82) is 0 Å². The third kappa shape index (κ3) is 4.09. The first kappa shape index (κ1) is 19.0. The van der Waals surface area contributed by atoms with Crippen LogP contribution in [0.2, 0.25) is 0 Å². The van der Waals surface area contributed by atoms with Gasteiger partial charge in [0, 0.05) is 51.2 Å². The Labute approximate surface area is 166 Å². The number of hydrogen-bond donors (Lipinski definition) is 1. The van der Waals surface area contributed by atoms with Crippen LogP contribution in [0.1, 0.15) is 16.1 Å². The Balaban J connectivity index is 1.40. The Kier molecular flexibility index (Phi) is 5.22. The third-order valence-electron chi connectivity index (χ3n) is 4.91. The number of carbonyl (C=O) groups is 1. The van der Waals surface area contributed by atoms with Gasteiger partial charge in [-0.2, -0.15) is 5.10 Å². The van der Waals surface area contributed by atoms with Crippen LogP contribution in [0.4, 0.5) is 14.6 Å². The SMILES string of the molecule is NC(=O)c1cccnc1N1CCN(Cc2ccn(-c3ccc(F)cc3F)n2)CC1. The quantitative estimate of drug-likeness (QED) is 0.711. The molecule has 1 saturated heterocycles. The van der Waals surface area contributed by atoms with Gasteiger partial charge < -0.3 is 10.6 Å². The highest BCUT2D eigenvalue weighted by Gasteiger charge is 2.22. The smallest absolute Gasteiger partial charge is 0.252 e. The van der Waals surface area contributed by atoms with Gasteiger partial charge in [0.15, 0.2) is 5.82 Å². The Bertz CT molecular complexity index is 1030. The fourth-order valence-corrected chi connectivity index (χ4v) is 3.44. The van der Waals surface area contributed by atoms with Crippen molar-refractivity contribution in [2.45, 2.75) is 6.54 Å². The first-order valence-electron chi connectivity index (χ1n) is 9.23. The lowest BCUT2D eigenvalue weighted by Gasteiger charge is -2.35. The highest BCUT2D eigenvalue weighted by molar-refractivity contribution is 5.97. The van der Waals surface area contributed by atoms with Crippen molar-refractivity contribution >= 4 is 11.7 Å². The summed E-state index contributed by atoms with van der Waals surface area (Å²) >= 11 is 0. The van der Waals surface area contributed by atoms with Crippen molar-refractivity contribution in [3.05, 3.63) is 71.7 Å². The van der Waals surface area contributed by atoms with E-state index in [1.54, 1.807) is 24.5 Å². The lowest BCUT2D eigenvalue weighted by atomic mass is 10.2. The van der Waals surface area contributed by atoms with Crippen LogP contribution in [0.5, 0.6) is 0 Å². The fourth-order valence-electron chi connectivity index (χ4n) is 3.44. The average Bonchev–Trinajstić information content (AvgIpc) is 3.16. The number of primary amides is 1. The van der Waals surface area contributed by atoms with Crippen LogP contribution in [-0.2, 0) is 6.54 Å². The number of hydrogen-bond acceptors (Lipinski definition) is 5. The average molecular weight is 398 g/mol. The molecule has 2 N–H and O–H groups in total. The molecule has 4 rings (SSSR count). The van der Waals surface area contributed by atoms with Crippen LogP contribution < -0.4 is 10.6 Å². The maximum absolute atomic E-state index is 13.9. The van der Waals surface area contributed by atoms with E-state index >= 15 is 0 Å². The molecule has 3 heterocycles. The van der Waals surface area contributed by atoms with Crippen LogP contribution in [0, 0.1) is 11.6 Å². The second-order valence-electron chi connectivity index (χ2n) is 6.85. The molecule has 0 unspecified atom stereocenters. The van der Waals surface area contributed by atoms with E-state index in [1.807, 2.05) is 11.0 Å². The van der Waals surface area contributed by atoms with E-state index < -0.39 is 17.5 Å². The summed E-state index contributed by atoms with van der Waals surface area (Å²) in [6, 6.07) is 8.60. The van der Waals surface area contributed by atoms with E-state index in [2.05, 4.69) is 15.0 Å². The lowest BCUT2D eigenvalue weighted by Crippen LogP contribution is -2.46. The van der Waals surface area contributed by atoms with Gasteiger partial charge in [0.1, 0.15) is 17.3 Å². The van der Waals surface area contributed by atoms with Gasteiger partial charge in [-0.25, -0.2) is 18.4 Å². The molecule has 1 aliphatic heterocycles. The zero-order valence-electron chi connectivity index (χ0n) is 15.6. The number of anilines is 1. The van der Waals surface area contributed by atoms with Gasteiger partial charge in [-0.1, -0.05) is 0 Å². The first-order valence-corrected chi connectivity index (χ1v) is 9.23. The number of nitrogens with zero attached hydrogens (tertiary/aromatic N) is 5. The van der Waals surface area contributed by atoms with E-state index in [0.29, 0.717) is 31.0 Å². The van der Waals surface area contributed by atoms with Crippen molar-refractivity contribution in [2.75, 3.05) is 31.1 Å². The van der Waals surface area contributed by atoms with E-state index in [1.165, 1.54) is 16.8 Å². The second kappa shape index (κ2) is 7.96. The number of halogens is 2. The summed E-state index contributed by atoms with van der Waals surface area (Å²) in [4.78, 5) is 20.2. The largest absolute Gasteiger partial charge is 0.365 e. The molecule has 2 aromatic heterocycles. The van der Waals surface area contributed by atoms with Crippen LogP contribution >= 0.6 is 0 Å². The molecule has 1 fully saturated rings. The number of benzene rings is 1. The van der Waals surface area contributed by atoms with Gasteiger partial charge in [0.05, 0.1) is 11.3 Å². The summed E-state index contributed by atoms with van der Waals surface area (Å²) in [5.41, 5.74) is 6.86. The van der Waals surface area contributed by atoms with Gasteiger partial charge in [-0.15, -0.1) is 0 Å². The number of pyridine rings is 1.